The second-order valence-electron chi connectivity index (χ2n) is 4.54. The third kappa shape index (κ3) is 1.95. The summed E-state index contributed by atoms with van der Waals surface area (Å²) in [5.74, 6) is 0.218. The van der Waals surface area contributed by atoms with E-state index in [1.165, 1.54) is 25.5 Å². The van der Waals surface area contributed by atoms with Gasteiger partial charge in [-0.25, -0.2) is 9.78 Å². The van der Waals surface area contributed by atoms with E-state index in [0.717, 1.165) is 10.9 Å². The number of aromatic nitrogens is 1. The fourth-order valence-electron chi connectivity index (χ4n) is 2.08. The SMILES string of the molecule is COC(=O)c1cc2ccc(C3CC3)cc2nc1Cl. The molecule has 18 heavy (non-hydrogen) atoms. The zero-order chi connectivity index (χ0) is 12.7. The molecule has 0 bridgehead atoms. The number of carbonyl (C=O) groups is 1. The number of methoxy groups -OCH3 is 1. The van der Waals surface area contributed by atoms with Crippen molar-refractivity contribution in [1.82, 2.24) is 4.98 Å². The maximum absolute atomic E-state index is 11.5. The predicted octanol–water partition coefficient (Wildman–Crippen LogP) is 3.55. The monoisotopic (exact) mass is 261 g/mol. The maximum atomic E-state index is 11.5. The van der Waals surface area contributed by atoms with E-state index in [-0.39, 0.29) is 5.15 Å². The summed E-state index contributed by atoms with van der Waals surface area (Å²) in [7, 11) is 1.33. The van der Waals surface area contributed by atoms with Gasteiger partial charge >= 0.3 is 5.97 Å². The average Bonchev–Trinajstić information content (AvgIpc) is 3.20. The molecule has 1 saturated carbocycles. The minimum atomic E-state index is -0.458. The first-order valence-electron chi connectivity index (χ1n) is 5.87. The predicted molar refractivity (Wildman–Crippen MR) is 70.1 cm³/mol. The van der Waals surface area contributed by atoms with Gasteiger partial charge in [0.05, 0.1) is 18.2 Å². The van der Waals surface area contributed by atoms with Gasteiger partial charge in [-0.15, -0.1) is 0 Å². The van der Waals surface area contributed by atoms with E-state index >= 15 is 0 Å². The van der Waals surface area contributed by atoms with Gasteiger partial charge in [0, 0.05) is 5.39 Å². The fraction of sp³-hybridized carbons (Fsp3) is 0.286. The number of carbonyl (C=O) groups excluding carboxylic acids is 1. The van der Waals surface area contributed by atoms with Crippen molar-refractivity contribution in [1.29, 1.82) is 0 Å². The maximum Gasteiger partial charge on any atom is 0.341 e. The Morgan fingerprint density at radius 2 is 2.17 bits per heavy atom. The van der Waals surface area contributed by atoms with Crippen LogP contribution in [0.3, 0.4) is 0 Å². The lowest BCUT2D eigenvalue weighted by atomic mass is 10.1. The van der Waals surface area contributed by atoms with E-state index in [1.54, 1.807) is 6.07 Å². The van der Waals surface area contributed by atoms with Crippen molar-refractivity contribution in [2.45, 2.75) is 18.8 Å². The molecule has 0 N–H and O–H groups in total. The van der Waals surface area contributed by atoms with Gasteiger partial charge in [-0.3, -0.25) is 0 Å². The first-order valence-corrected chi connectivity index (χ1v) is 6.25. The quantitative estimate of drug-likeness (QED) is 0.613. The van der Waals surface area contributed by atoms with E-state index in [9.17, 15) is 4.79 Å². The van der Waals surface area contributed by atoms with E-state index < -0.39 is 5.97 Å². The molecule has 1 fully saturated rings. The second-order valence-corrected chi connectivity index (χ2v) is 4.90. The molecule has 1 aromatic heterocycles. The molecule has 0 radical (unpaired) electrons. The summed E-state index contributed by atoms with van der Waals surface area (Å²) in [5.41, 5.74) is 2.44. The van der Waals surface area contributed by atoms with E-state index in [4.69, 9.17) is 11.6 Å². The molecule has 4 heteroatoms. The van der Waals surface area contributed by atoms with Gasteiger partial charge in [0.15, 0.2) is 0 Å². The number of ether oxygens (including phenoxy) is 1. The molecule has 92 valence electrons. The molecule has 1 aromatic carbocycles. The standard InChI is InChI=1S/C14H12ClNO2/c1-18-14(17)11-6-10-5-4-9(8-2-3-8)7-12(10)16-13(11)15/h4-8H,2-3H2,1H3. The average molecular weight is 262 g/mol. The van der Waals surface area contributed by atoms with Crippen LogP contribution in [0.1, 0.15) is 34.7 Å². The molecule has 0 amide bonds. The van der Waals surface area contributed by atoms with Crippen molar-refractivity contribution >= 4 is 28.5 Å². The smallest absolute Gasteiger partial charge is 0.341 e. The van der Waals surface area contributed by atoms with Crippen LogP contribution in [0.4, 0.5) is 0 Å². The molecule has 0 saturated heterocycles. The van der Waals surface area contributed by atoms with Crippen molar-refractivity contribution in [3.8, 4) is 0 Å². The summed E-state index contributed by atoms with van der Waals surface area (Å²) in [6, 6.07) is 7.86. The number of hydrogen-bond donors (Lipinski definition) is 0. The summed E-state index contributed by atoms with van der Waals surface area (Å²) < 4.78 is 4.67. The molecule has 3 nitrogen and oxygen atoms in total. The Morgan fingerprint density at radius 1 is 1.39 bits per heavy atom. The van der Waals surface area contributed by atoms with Gasteiger partial charge in [-0.2, -0.15) is 0 Å². The highest BCUT2D eigenvalue weighted by molar-refractivity contribution is 6.32. The number of rotatable bonds is 2. The third-order valence-corrected chi connectivity index (χ3v) is 3.54. The molecule has 1 aliphatic rings. The van der Waals surface area contributed by atoms with Crippen LogP contribution in [0.15, 0.2) is 24.3 Å². The van der Waals surface area contributed by atoms with Crippen LogP contribution in [0, 0.1) is 0 Å². The van der Waals surface area contributed by atoms with E-state index in [0.29, 0.717) is 11.5 Å². The normalized spacial score (nSPS) is 14.8. The van der Waals surface area contributed by atoms with Crippen LogP contribution >= 0.6 is 11.6 Å². The van der Waals surface area contributed by atoms with Crippen molar-refractivity contribution in [2.24, 2.45) is 0 Å². The summed E-state index contributed by atoms with van der Waals surface area (Å²) in [5, 5.41) is 1.10. The Kier molecular flexibility index (Phi) is 2.71. The molecular weight excluding hydrogens is 250 g/mol. The van der Waals surface area contributed by atoms with Crippen LogP contribution in [-0.4, -0.2) is 18.1 Å². The molecule has 0 unspecified atom stereocenters. The fourth-order valence-corrected chi connectivity index (χ4v) is 2.31. The number of pyridine rings is 1. The third-order valence-electron chi connectivity index (χ3n) is 3.25. The van der Waals surface area contributed by atoms with E-state index in [1.807, 2.05) is 6.07 Å². The Labute approximate surface area is 110 Å². The molecule has 2 aromatic rings. The summed E-state index contributed by atoms with van der Waals surface area (Å²) in [6.45, 7) is 0. The Bertz CT molecular complexity index is 635. The molecule has 1 aliphatic carbocycles. The van der Waals surface area contributed by atoms with Gasteiger partial charge in [0.25, 0.3) is 0 Å². The zero-order valence-corrected chi connectivity index (χ0v) is 10.7. The van der Waals surface area contributed by atoms with Crippen LogP contribution in [-0.2, 0) is 4.74 Å². The number of benzene rings is 1. The molecular formula is C14H12ClNO2. The first kappa shape index (κ1) is 11.5. The summed E-state index contributed by atoms with van der Waals surface area (Å²) in [4.78, 5) is 15.8. The first-order chi connectivity index (χ1) is 8.69. The lowest BCUT2D eigenvalue weighted by molar-refractivity contribution is 0.0600. The Balaban J connectivity index is 2.12. The highest BCUT2D eigenvalue weighted by Crippen LogP contribution is 2.40. The number of esters is 1. The lowest BCUT2D eigenvalue weighted by Gasteiger charge is -2.06. The van der Waals surface area contributed by atoms with Crippen LogP contribution in [0.5, 0.6) is 0 Å². The van der Waals surface area contributed by atoms with Crippen LogP contribution < -0.4 is 0 Å². The van der Waals surface area contributed by atoms with Crippen molar-refractivity contribution in [2.75, 3.05) is 7.11 Å². The zero-order valence-electron chi connectivity index (χ0n) is 9.94. The van der Waals surface area contributed by atoms with E-state index in [2.05, 4.69) is 21.9 Å². The van der Waals surface area contributed by atoms with Crippen molar-refractivity contribution < 1.29 is 9.53 Å². The largest absolute Gasteiger partial charge is 0.465 e. The molecule has 1 heterocycles. The number of hydrogen-bond acceptors (Lipinski definition) is 3. The minimum Gasteiger partial charge on any atom is -0.465 e. The van der Waals surface area contributed by atoms with Crippen LogP contribution in [0.25, 0.3) is 10.9 Å². The van der Waals surface area contributed by atoms with Gasteiger partial charge in [0.2, 0.25) is 0 Å². The van der Waals surface area contributed by atoms with Gasteiger partial charge in [-0.1, -0.05) is 23.7 Å². The Hall–Kier alpha value is -1.61. The molecule has 0 atom stereocenters. The molecule has 3 rings (SSSR count). The van der Waals surface area contributed by atoms with Crippen LogP contribution in [0.2, 0.25) is 5.15 Å². The minimum absolute atomic E-state index is 0.197. The van der Waals surface area contributed by atoms with Crippen molar-refractivity contribution in [3.63, 3.8) is 0 Å². The van der Waals surface area contributed by atoms with Crippen molar-refractivity contribution in [3.05, 3.63) is 40.5 Å². The molecule has 0 aliphatic heterocycles. The molecule has 0 spiro atoms. The lowest BCUT2D eigenvalue weighted by Crippen LogP contribution is -2.03. The summed E-state index contributed by atoms with van der Waals surface area (Å²) in [6.07, 6.45) is 2.50. The highest BCUT2D eigenvalue weighted by atomic mass is 35.5. The highest BCUT2D eigenvalue weighted by Gasteiger charge is 2.24. The number of halogens is 1. The number of nitrogens with zero attached hydrogens (tertiary/aromatic N) is 1. The van der Waals surface area contributed by atoms with Gasteiger partial charge in [-0.05, 0) is 36.5 Å². The number of fused-ring (bicyclic) bond motifs is 1. The van der Waals surface area contributed by atoms with Gasteiger partial charge in [0.1, 0.15) is 5.15 Å². The topological polar surface area (TPSA) is 39.2 Å². The Morgan fingerprint density at radius 3 is 2.83 bits per heavy atom. The van der Waals surface area contributed by atoms with Gasteiger partial charge < -0.3 is 4.74 Å². The summed E-state index contributed by atoms with van der Waals surface area (Å²) >= 11 is 6.01. The second kappa shape index (κ2) is 4.25.